The van der Waals surface area contributed by atoms with Crippen molar-refractivity contribution in [3.05, 3.63) is 65.5 Å². The molecule has 19 heavy (non-hydrogen) atoms. The van der Waals surface area contributed by atoms with Crippen LogP contribution in [0.15, 0.2) is 48.5 Å². The van der Waals surface area contributed by atoms with Gasteiger partial charge in [0.05, 0.1) is 0 Å². The summed E-state index contributed by atoms with van der Waals surface area (Å²) in [6.07, 6.45) is 1.13. The number of rotatable bonds is 5. The van der Waals surface area contributed by atoms with Gasteiger partial charge in [0.15, 0.2) is 0 Å². The maximum atomic E-state index is 12.8. The summed E-state index contributed by atoms with van der Waals surface area (Å²) in [5.74, 6) is 1.20. The molecule has 0 saturated heterocycles. The number of benzene rings is 2. The van der Waals surface area contributed by atoms with Crippen LogP contribution in [0.5, 0.6) is 5.75 Å². The second-order valence-electron chi connectivity index (χ2n) is 4.79. The number of halogens is 1. The Hall–Kier alpha value is -1.83. The molecule has 0 saturated carbocycles. The van der Waals surface area contributed by atoms with Crippen molar-refractivity contribution in [1.29, 1.82) is 0 Å². The maximum Gasteiger partial charge on any atom is 0.123 e. The van der Waals surface area contributed by atoms with Gasteiger partial charge in [-0.2, -0.15) is 0 Å². The van der Waals surface area contributed by atoms with Crippen molar-refractivity contribution in [3.63, 3.8) is 0 Å². The Morgan fingerprint density at radius 1 is 1.00 bits per heavy atom. The summed E-state index contributed by atoms with van der Waals surface area (Å²) in [7, 11) is 0. The molecule has 100 valence electrons. The molecule has 2 rings (SSSR count). The largest absolute Gasteiger partial charge is 0.489 e. The van der Waals surface area contributed by atoms with Crippen LogP contribution in [-0.4, -0.2) is 0 Å². The van der Waals surface area contributed by atoms with Crippen LogP contribution in [0.2, 0.25) is 0 Å². The zero-order valence-electron chi connectivity index (χ0n) is 11.4. The van der Waals surface area contributed by atoms with E-state index in [0.717, 1.165) is 17.7 Å². The van der Waals surface area contributed by atoms with Crippen LogP contribution < -0.4 is 4.74 Å². The van der Waals surface area contributed by atoms with Crippen molar-refractivity contribution in [2.75, 3.05) is 0 Å². The first-order valence-corrected chi connectivity index (χ1v) is 6.66. The molecule has 0 N–H and O–H groups in total. The third-order valence-corrected chi connectivity index (χ3v) is 3.38. The second-order valence-corrected chi connectivity index (χ2v) is 4.79. The maximum absolute atomic E-state index is 12.8. The third-order valence-electron chi connectivity index (χ3n) is 3.38. The van der Waals surface area contributed by atoms with Crippen molar-refractivity contribution in [2.45, 2.75) is 32.8 Å². The van der Waals surface area contributed by atoms with Gasteiger partial charge in [0, 0.05) is 0 Å². The molecule has 1 nitrogen and oxygen atoms in total. The summed E-state index contributed by atoms with van der Waals surface area (Å²) < 4.78 is 18.4. The van der Waals surface area contributed by atoms with E-state index in [1.807, 2.05) is 12.1 Å². The highest BCUT2D eigenvalue weighted by Gasteiger charge is 2.03. The minimum absolute atomic E-state index is 0.221. The predicted molar refractivity (Wildman–Crippen MR) is 75.9 cm³/mol. The molecule has 0 aliphatic rings. The fourth-order valence-electron chi connectivity index (χ4n) is 1.88. The normalized spacial score (nSPS) is 12.2. The molecule has 0 aliphatic carbocycles. The molecular formula is C17H19FO. The van der Waals surface area contributed by atoms with Crippen molar-refractivity contribution < 1.29 is 9.13 Å². The summed E-state index contributed by atoms with van der Waals surface area (Å²) in [5, 5.41) is 0. The lowest BCUT2D eigenvalue weighted by Crippen LogP contribution is -1.96. The van der Waals surface area contributed by atoms with Gasteiger partial charge in [-0.25, -0.2) is 4.39 Å². The lowest BCUT2D eigenvalue weighted by Gasteiger charge is -2.10. The molecule has 0 aliphatic heterocycles. The van der Waals surface area contributed by atoms with Crippen LogP contribution in [0, 0.1) is 5.82 Å². The van der Waals surface area contributed by atoms with Crippen LogP contribution in [0.4, 0.5) is 4.39 Å². The topological polar surface area (TPSA) is 9.23 Å². The Morgan fingerprint density at radius 2 is 1.63 bits per heavy atom. The first kappa shape index (κ1) is 13.6. The van der Waals surface area contributed by atoms with Crippen LogP contribution in [0.25, 0.3) is 0 Å². The number of ether oxygens (including phenoxy) is 1. The summed E-state index contributed by atoms with van der Waals surface area (Å²) in [4.78, 5) is 0. The summed E-state index contributed by atoms with van der Waals surface area (Å²) >= 11 is 0. The van der Waals surface area contributed by atoms with Crippen molar-refractivity contribution in [3.8, 4) is 5.75 Å². The van der Waals surface area contributed by atoms with E-state index in [-0.39, 0.29) is 5.82 Å². The molecule has 0 bridgehead atoms. The number of hydrogen-bond acceptors (Lipinski definition) is 1. The van der Waals surface area contributed by atoms with Crippen LogP contribution >= 0.6 is 0 Å². The van der Waals surface area contributed by atoms with Gasteiger partial charge in [0.25, 0.3) is 0 Å². The lowest BCUT2D eigenvalue weighted by molar-refractivity contribution is 0.306. The van der Waals surface area contributed by atoms with Crippen molar-refractivity contribution in [2.24, 2.45) is 0 Å². The Balaban J connectivity index is 1.94. The average Bonchev–Trinajstić information content (AvgIpc) is 2.46. The Labute approximate surface area is 114 Å². The van der Waals surface area contributed by atoms with E-state index in [4.69, 9.17) is 4.74 Å². The van der Waals surface area contributed by atoms with E-state index in [0.29, 0.717) is 12.5 Å². The molecule has 0 radical (unpaired) electrons. The Kier molecular flexibility index (Phi) is 4.56. The minimum Gasteiger partial charge on any atom is -0.489 e. The molecule has 0 spiro atoms. The van der Waals surface area contributed by atoms with Gasteiger partial charge >= 0.3 is 0 Å². The van der Waals surface area contributed by atoms with Crippen LogP contribution in [0.1, 0.15) is 37.3 Å². The zero-order valence-corrected chi connectivity index (χ0v) is 11.4. The van der Waals surface area contributed by atoms with Crippen LogP contribution in [0.3, 0.4) is 0 Å². The highest BCUT2D eigenvalue weighted by Crippen LogP contribution is 2.22. The van der Waals surface area contributed by atoms with E-state index in [2.05, 4.69) is 26.0 Å². The second kappa shape index (κ2) is 6.37. The van der Waals surface area contributed by atoms with E-state index in [9.17, 15) is 4.39 Å². The molecule has 2 heteroatoms. The van der Waals surface area contributed by atoms with Gasteiger partial charge < -0.3 is 4.74 Å². The first-order valence-electron chi connectivity index (χ1n) is 6.66. The SMILES string of the molecule is CCC(C)c1ccc(OCc2ccc(F)cc2)cc1. The number of hydrogen-bond donors (Lipinski definition) is 0. The lowest BCUT2D eigenvalue weighted by atomic mass is 9.99. The van der Waals surface area contributed by atoms with E-state index in [1.54, 1.807) is 12.1 Å². The van der Waals surface area contributed by atoms with Gasteiger partial charge in [-0.3, -0.25) is 0 Å². The van der Waals surface area contributed by atoms with Gasteiger partial charge in [0.1, 0.15) is 18.2 Å². The summed E-state index contributed by atoms with van der Waals surface area (Å²) in [6.45, 7) is 4.86. The molecule has 1 atom stereocenters. The molecular weight excluding hydrogens is 239 g/mol. The average molecular weight is 258 g/mol. The van der Waals surface area contributed by atoms with Gasteiger partial charge in [-0.1, -0.05) is 38.1 Å². The van der Waals surface area contributed by atoms with E-state index >= 15 is 0 Å². The smallest absolute Gasteiger partial charge is 0.123 e. The van der Waals surface area contributed by atoms with Gasteiger partial charge in [0.2, 0.25) is 0 Å². The van der Waals surface area contributed by atoms with Gasteiger partial charge in [-0.15, -0.1) is 0 Å². The van der Waals surface area contributed by atoms with Crippen LogP contribution in [-0.2, 0) is 6.61 Å². The van der Waals surface area contributed by atoms with E-state index in [1.165, 1.54) is 17.7 Å². The standard InChI is InChI=1S/C17H19FO/c1-3-13(2)15-6-10-17(11-7-15)19-12-14-4-8-16(18)9-5-14/h4-11,13H,3,12H2,1-2H3. The summed E-state index contributed by atoms with van der Waals surface area (Å²) in [6, 6.07) is 14.6. The fraction of sp³-hybridized carbons (Fsp3) is 0.294. The predicted octanol–water partition coefficient (Wildman–Crippen LogP) is 4.92. The minimum atomic E-state index is -0.221. The highest BCUT2D eigenvalue weighted by molar-refractivity contribution is 5.29. The first-order chi connectivity index (χ1) is 9.19. The van der Waals surface area contributed by atoms with Gasteiger partial charge in [-0.05, 0) is 47.7 Å². The molecule has 0 amide bonds. The monoisotopic (exact) mass is 258 g/mol. The van der Waals surface area contributed by atoms with Crippen molar-refractivity contribution in [1.82, 2.24) is 0 Å². The van der Waals surface area contributed by atoms with Crippen molar-refractivity contribution >= 4 is 0 Å². The quantitative estimate of drug-likeness (QED) is 0.739. The Morgan fingerprint density at radius 3 is 2.21 bits per heavy atom. The molecule has 2 aromatic rings. The third kappa shape index (κ3) is 3.82. The highest BCUT2D eigenvalue weighted by atomic mass is 19.1. The zero-order chi connectivity index (χ0) is 13.7. The molecule has 0 aromatic heterocycles. The molecule has 2 aromatic carbocycles. The molecule has 1 unspecified atom stereocenters. The van der Waals surface area contributed by atoms with E-state index < -0.39 is 0 Å². The molecule has 0 heterocycles. The fourth-order valence-corrected chi connectivity index (χ4v) is 1.88. The molecule has 0 fully saturated rings. The Bertz CT molecular complexity index is 502. The summed E-state index contributed by atoms with van der Waals surface area (Å²) in [5.41, 5.74) is 2.30.